The normalized spacial score (nSPS) is 12.8. The molecule has 1 N–H and O–H groups in total. The fourth-order valence-electron chi connectivity index (χ4n) is 3.33. The van der Waals surface area contributed by atoms with Crippen LogP contribution in [0.25, 0.3) is 6.08 Å². The molecule has 0 amide bonds. The van der Waals surface area contributed by atoms with Crippen molar-refractivity contribution in [2.24, 2.45) is 4.99 Å². The summed E-state index contributed by atoms with van der Waals surface area (Å²) in [5, 5.41) is 16.6. The molecule has 1 aliphatic carbocycles. The van der Waals surface area contributed by atoms with E-state index in [2.05, 4.69) is 18.2 Å². The van der Waals surface area contributed by atoms with E-state index in [0.29, 0.717) is 5.75 Å². The summed E-state index contributed by atoms with van der Waals surface area (Å²) in [6.45, 7) is 0. The van der Waals surface area contributed by atoms with Gasteiger partial charge in [0.1, 0.15) is 5.75 Å². The minimum Gasteiger partial charge on any atom is -0.507 e. The van der Waals surface area contributed by atoms with Crippen LogP contribution in [-0.2, 0) is 0 Å². The quantitative estimate of drug-likeness (QED) is 0.460. The molecule has 0 atom stereocenters. The highest BCUT2D eigenvalue weighted by atomic mass is 16.3. The maximum absolute atomic E-state index is 10.1. The molecule has 3 aromatic carbocycles. The molecule has 2 heteroatoms. The van der Waals surface area contributed by atoms with Crippen LogP contribution in [0.3, 0.4) is 0 Å². The minimum absolute atomic E-state index is 0.327. The Morgan fingerprint density at radius 1 is 0.714 bits per heavy atom. The Morgan fingerprint density at radius 3 is 2.48 bits per heavy atom. The molecule has 0 radical (unpaired) electrons. The zero-order chi connectivity index (χ0) is 14.0. The highest BCUT2D eigenvalue weighted by molar-refractivity contribution is 5.70. The molecule has 3 aromatic rings. The van der Waals surface area contributed by atoms with Gasteiger partial charge in [0.15, 0.2) is 0 Å². The third-order valence-corrected chi connectivity index (χ3v) is 4.31. The Kier molecular flexibility index (Phi) is 1.87. The smallest absolute Gasteiger partial charge is 0.123 e. The summed E-state index contributed by atoms with van der Waals surface area (Å²) < 4.78 is 0. The molecule has 1 heterocycles. The predicted molar refractivity (Wildman–Crippen MR) is 80.3 cm³/mol. The van der Waals surface area contributed by atoms with Crippen LogP contribution in [0, 0.1) is 20.9 Å². The van der Waals surface area contributed by atoms with E-state index in [1.54, 1.807) is 6.07 Å². The molecule has 98 valence electrons. The molecule has 2 nitrogen and oxygen atoms in total. The summed E-state index contributed by atoms with van der Waals surface area (Å²) in [6.07, 6.45) is 2.05. The number of phenolic OH excluding ortho intramolecular Hbond substituents is 1. The van der Waals surface area contributed by atoms with Gasteiger partial charge in [-0.3, -0.25) is 0 Å². The predicted octanol–water partition coefficient (Wildman–Crippen LogP) is 2.37. The van der Waals surface area contributed by atoms with Gasteiger partial charge in [-0.1, -0.05) is 42.5 Å². The molecule has 0 saturated carbocycles. The highest BCUT2D eigenvalue weighted by Crippen LogP contribution is 2.28. The van der Waals surface area contributed by atoms with Gasteiger partial charge in [-0.2, -0.15) is 0 Å². The molecule has 1 aliphatic heterocycles. The van der Waals surface area contributed by atoms with Gasteiger partial charge >= 0.3 is 0 Å². The van der Waals surface area contributed by atoms with E-state index in [1.165, 1.54) is 10.4 Å². The highest BCUT2D eigenvalue weighted by Gasteiger charge is 2.13. The van der Waals surface area contributed by atoms with Crippen molar-refractivity contribution < 1.29 is 5.11 Å². The lowest BCUT2D eigenvalue weighted by atomic mass is 10.1. The number of hydrogen-bond acceptors (Lipinski definition) is 2. The number of nitrogens with zero attached hydrogens (tertiary/aromatic N) is 1. The first-order valence-corrected chi connectivity index (χ1v) is 6.98. The fourth-order valence-corrected chi connectivity index (χ4v) is 3.33. The van der Waals surface area contributed by atoms with E-state index in [1.807, 2.05) is 36.4 Å². The number of phenols is 1. The van der Waals surface area contributed by atoms with Crippen LogP contribution in [0.4, 0.5) is 5.69 Å². The van der Waals surface area contributed by atoms with E-state index in [9.17, 15) is 5.11 Å². The zero-order valence-electron chi connectivity index (χ0n) is 11.2. The Balaban J connectivity index is 2.08. The van der Waals surface area contributed by atoms with E-state index in [0.717, 1.165) is 32.3 Å². The maximum atomic E-state index is 10.1. The maximum Gasteiger partial charge on any atom is 0.123 e. The van der Waals surface area contributed by atoms with Crippen molar-refractivity contribution in [3.05, 3.63) is 91.6 Å². The van der Waals surface area contributed by atoms with Gasteiger partial charge in [-0.05, 0) is 28.6 Å². The van der Waals surface area contributed by atoms with Crippen LogP contribution in [0.1, 0.15) is 5.56 Å². The van der Waals surface area contributed by atoms with Crippen molar-refractivity contribution in [2.75, 3.05) is 0 Å². The second-order valence-electron chi connectivity index (χ2n) is 5.43. The van der Waals surface area contributed by atoms with Crippen LogP contribution in [-0.4, -0.2) is 5.11 Å². The average molecular weight is 269 g/mol. The van der Waals surface area contributed by atoms with Gasteiger partial charge in [0.2, 0.25) is 0 Å². The van der Waals surface area contributed by atoms with Crippen molar-refractivity contribution in [1.82, 2.24) is 0 Å². The Hall–Kier alpha value is -2.87. The average Bonchev–Trinajstić information content (AvgIpc) is 3.06. The molecule has 2 aliphatic rings. The van der Waals surface area contributed by atoms with Crippen molar-refractivity contribution in [3.63, 3.8) is 0 Å². The van der Waals surface area contributed by atoms with Crippen molar-refractivity contribution in [3.8, 4) is 5.75 Å². The molecule has 0 unspecified atom stereocenters. The molecule has 0 aromatic heterocycles. The van der Waals surface area contributed by atoms with Crippen LogP contribution < -0.4 is 10.6 Å². The van der Waals surface area contributed by atoms with Crippen LogP contribution in [0.15, 0.2) is 59.6 Å². The third kappa shape index (κ3) is 1.29. The van der Waals surface area contributed by atoms with Crippen LogP contribution in [0.5, 0.6) is 5.75 Å². The van der Waals surface area contributed by atoms with Gasteiger partial charge in [0.25, 0.3) is 0 Å². The number of hydrogen-bond donors (Lipinski definition) is 1. The van der Waals surface area contributed by atoms with Gasteiger partial charge < -0.3 is 5.11 Å². The number of para-hydroxylation sites is 1. The molecule has 5 rings (SSSR count). The molecule has 0 saturated heterocycles. The lowest BCUT2D eigenvalue weighted by Crippen LogP contribution is -1.99. The molecular weight excluding hydrogens is 258 g/mol. The largest absolute Gasteiger partial charge is 0.507 e. The number of aromatic hydroxyl groups is 1. The minimum atomic E-state index is 0.327. The first-order valence-electron chi connectivity index (χ1n) is 6.98. The third-order valence-electron chi connectivity index (χ3n) is 4.31. The monoisotopic (exact) mass is 269 g/mol. The van der Waals surface area contributed by atoms with Crippen LogP contribution in [0.2, 0.25) is 0 Å². The number of fused-ring (bicyclic) bond motifs is 5. The summed E-state index contributed by atoms with van der Waals surface area (Å²) in [4.78, 5) is 4.79. The van der Waals surface area contributed by atoms with E-state index >= 15 is 0 Å². The fraction of sp³-hybridized carbons (Fsp3) is 0. The molecule has 0 spiro atoms. The first-order chi connectivity index (χ1) is 10.3. The summed E-state index contributed by atoms with van der Waals surface area (Å²) in [5.74, 6) is 0.327. The standard InChI is InChI=1S/C19H11NO/c21-18-7-3-5-11-12-8-9-14-13-4-1-2-6-17(13)20-19(14)16(12)10-15(11)18/h1-10,21H. The molecule has 21 heavy (non-hydrogen) atoms. The molecule has 0 fully saturated rings. The van der Waals surface area contributed by atoms with Gasteiger partial charge in [-0.25, -0.2) is 4.99 Å². The summed E-state index contributed by atoms with van der Waals surface area (Å²) >= 11 is 0. The van der Waals surface area contributed by atoms with E-state index in [-0.39, 0.29) is 0 Å². The van der Waals surface area contributed by atoms with Crippen molar-refractivity contribution in [2.45, 2.75) is 0 Å². The van der Waals surface area contributed by atoms with Crippen molar-refractivity contribution in [1.29, 1.82) is 0 Å². The van der Waals surface area contributed by atoms with Gasteiger partial charge in [0.05, 0.1) is 11.0 Å². The summed E-state index contributed by atoms with van der Waals surface area (Å²) in [6, 6.07) is 18.1. The second kappa shape index (κ2) is 3.61. The van der Waals surface area contributed by atoms with Crippen molar-refractivity contribution >= 4 is 11.8 Å². The van der Waals surface area contributed by atoms with E-state index < -0.39 is 0 Å². The molecular formula is C19H11NO. The number of rotatable bonds is 0. The Labute approximate surface area is 120 Å². The topological polar surface area (TPSA) is 32.6 Å². The lowest BCUT2D eigenvalue weighted by molar-refractivity contribution is 0.470. The van der Waals surface area contributed by atoms with E-state index in [4.69, 9.17) is 4.99 Å². The van der Waals surface area contributed by atoms with Gasteiger partial charge in [0, 0.05) is 21.2 Å². The summed E-state index contributed by atoms with van der Waals surface area (Å²) in [7, 11) is 0. The zero-order valence-corrected chi connectivity index (χ0v) is 11.2. The Bertz CT molecular complexity index is 1240. The molecule has 0 bridgehead atoms. The number of benzene rings is 3. The lowest BCUT2D eigenvalue weighted by Gasteiger charge is -1.97. The second-order valence-corrected chi connectivity index (χ2v) is 5.43. The Morgan fingerprint density at radius 2 is 1.52 bits per heavy atom. The first kappa shape index (κ1) is 10.9. The summed E-state index contributed by atoms with van der Waals surface area (Å²) in [5.41, 5.74) is 2.13. The van der Waals surface area contributed by atoms with Crippen LogP contribution >= 0.6 is 0 Å². The van der Waals surface area contributed by atoms with Gasteiger partial charge in [-0.15, -0.1) is 0 Å². The SMILES string of the molecule is Oc1cccc2c1=Cc1c3c(ccc1=2)=c1ccccc1=N3.